The highest BCUT2D eigenvalue weighted by Gasteiger charge is 2.25. The molecule has 7 heteroatoms. The quantitative estimate of drug-likeness (QED) is 0.935. The summed E-state index contributed by atoms with van der Waals surface area (Å²) in [7, 11) is 0. The zero-order valence-electron chi connectivity index (χ0n) is 12.1. The third-order valence-electron chi connectivity index (χ3n) is 3.80. The Labute approximate surface area is 135 Å². The minimum Gasteiger partial charge on any atom is -0.342 e. The van der Waals surface area contributed by atoms with Crippen LogP contribution >= 0.6 is 11.3 Å². The lowest BCUT2D eigenvalue weighted by atomic mass is 9.98. The normalized spacial score (nSPS) is 13.6. The molecule has 1 aromatic heterocycles. The van der Waals surface area contributed by atoms with Crippen molar-refractivity contribution in [2.45, 2.75) is 13.0 Å². The number of carbonyl (C=O) groups excluding carboxylic acids is 2. The molecule has 1 aliphatic rings. The second kappa shape index (κ2) is 6.45. The van der Waals surface area contributed by atoms with Gasteiger partial charge in [-0.25, -0.2) is 8.78 Å². The number of hydrogen-bond acceptors (Lipinski definition) is 3. The first-order valence-corrected chi connectivity index (χ1v) is 7.99. The number of nitrogens with one attached hydrogen (secondary N) is 1. The van der Waals surface area contributed by atoms with Crippen LogP contribution in [0.2, 0.25) is 0 Å². The topological polar surface area (TPSA) is 49.4 Å². The van der Waals surface area contributed by atoms with Crippen molar-refractivity contribution in [2.75, 3.05) is 13.1 Å². The maximum absolute atomic E-state index is 13.8. The van der Waals surface area contributed by atoms with Crippen molar-refractivity contribution < 1.29 is 18.4 Å². The maximum atomic E-state index is 13.8. The molecule has 2 amide bonds. The predicted molar refractivity (Wildman–Crippen MR) is 82.1 cm³/mol. The standard InChI is InChI=1S/C16H14F2N2O2S/c17-12-3-4-13(18)11-9-20(6-5-10(11)12)15(21)8-19-16(22)14-2-1-7-23-14/h1-4,7H,5-6,8-9H2,(H,19,22). The van der Waals surface area contributed by atoms with Crippen LogP contribution in [0, 0.1) is 11.6 Å². The molecule has 2 heterocycles. The Morgan fingerprint density at radius 1 is 1.17 bits per heavy atom. The molecule has 4 nitrogen and oxygen atoms in total. The summed E-state index contributed by atoms with van der Waals surface area (Å²) in [5.74, 6) is -1.59. The molecule has 0 spiro atoms. The van der Waals surface area contributed by atoms with Gasteiger partial charge in [0.1, 0.15) is 11.6 Å². The Hall–Kier alpha value is -2.28. The second-order valence-corrected chi connectivity index (χ2v) is 6.16. The SMILES string of the molecule is O=C(NCC(=O)N1CCc2c(F)ccc(F)c2C1)c1cccs1. The molecule has 0 bridgehead atoms. The summed E-state index contributed by atoms with van der Waals surface area (Å²) in [6.07, 6.45) is 0.267. The van der Waals surface area contributed by atoms with E-state index in [0.717, 1.165) is 12.1 Å². The first kappa shape index (κ1) is 15.6. The highest BCUT2D eigenvalue weighted by Crippen LogP contribution is 2.24. The number of halogens is 2. The lowest BCUT2D eigenvalue weighted by Gasteiger charge is -2.29. The van der Waals surface area contributed by atoms with Crippen molar-refractivity contribution >= 4 is 23.2 Å². The van der Waals surface area contributed by atoms with Crippen LogP contribution in [-0.2, 0) is 17.8 Å². The Balaban J connectivity index is 1.63. The van der Waals surface area contributed by atoms with Gasteiger partial charge in [0, 0.05) is 18.7 Å². The number of hydrogen-bond donors (Lipinski definition) is 1. The highest BCUT2D eigenvalue weighted by molar-refractivity contribution is 7.12. The molecule has 2 aromatic rings. The molecular formula is C16H14F2N2O2S. The van der Waals surface area contributed by atoms with E-state index in [0.29, 0.717) is 17.0 Å². The molecule has 0 aliphatic carbocycles. The summed E-state index contributed by atoms with van der Waals surface area (Å²) in [4.78, 5) is 25.9. The van der Waals surface area contributed by atoms with Gasteiger partial charge in [-0.05, 0) is 35.6 Å². The van der Waals surface area contributed by atoms with E-state index >= 15 is 0 Å². The molecule has 0 radical (unpaired) electrons. The molecule has 0 fully saturated rings. The van der Waals surface area contributed by atoms with Crippen LogP contribution in [0.15, 0.2) is 29.6 Å². The Kier molecular flexibility index (Phi) is 4.38. The second-order valence-electron chi connectivity index (χ2n) is 5.21. The molecule has 0 saturated heterocycles. The molecule has 3 rings (SSSR count). The van der Waals surface area contributed by atoms with E-state index in [9.17, 15) is 18.4 Å². The summed E-state index contributed by atoms with van der Waals surface area (Å²) in [5.41, 5.74) is 0.547. The van der Waals surface area contributed by atoms with Crippen molar-refractivity contribution in [3.63, 3.8) is 0 Å². The predicted octanol–water partition coefficient (Wildman–Crippen LogP) is 2.34. The van der Waals surface area contributed by atoms with Gasteiger partial charge in [-0.2, -0.15) is 0 Å². The summed E-state index contributed by atoms with van der Waals surface area (Å²) < 4.78 is 27.5. The van der Waals surface area contributed by atoms with Gasteiger partial charge in [0.15, 0.2) is 0 Å². The summed E-state index contributed by atoms with van der Waals surface area (Å²) in [6, 6.07) is 5.59. The third-order valence-corrected chi connectivity index (χ3v) is 4.66. The van der Waals surface area contributed by atoms with Gasteiger partial charge in [0.25, 0.3) is 5.91 Å². The van der Waals surface area contributed by atoms with E-state index in [-0.39, 0.29) is 36.9 Å². The molecule has 1 aliphatic heterocycles. The van der Waals surface area contributed by atoms with E-state index in [1.165, 1.54) is 16.2 Å². The van der Waals surface area contributed by atoms with E-state index in [1.54, 1.807) is 17.5 Å². The smallest absolute Gasteiger partial charge is 0.261 e. The van der Waals surface area contributed by atoms with Crippen molar-refractivity contribution in [1.29, 1.82) is 0 Å². The van der Waals surface area contributed by atoms with Crippen LogP contribution in [0.3, 0.4) is 0 Å². The number of nitrogens with zero attached hydrogens (tertiary/aromatic N) is 1. The summed E-state index contributed by atoms with van der Waals surface area (Å²) >= 11 is 1.28. The van der Waals surface area contributed by atoms with Crippen LogP contribution in [0.4, 0.5) is 8.78 Å². The maximum Gasteiger partial charge on any atom is 0.261 e. The molecule has 120 valence electrons. The van der Waals surface area contributed by atoms with Crippen LogP contribution < -0.4 is 5.32 Å². The number of amides is 2. The lowest BCUT2D eigenvalue weighted by molar-refractivity contribution is -0.131. The molecule has 1 aromatic carbocycles. The Morgan fingerprint density at radius 3 is 2.61 bits per heavy atom. The zero-order chi connectivity index (χ0) is 16.4. The molecular weight excluding hydrogens is 322 g/mol. The first-order chi connectivity index (χ1) is 11.1. The van der Waals surface area contributed by atoms with Crippen molar-refractivity contribution in [1.82, 2.24) is 10.2 Å². The van der Waals surface area contributed by atoms with Gasteiger partial charge in [-0.3, -0.25) is 9.59 Å². The van der Waals surface area contributed by atoms with Crippen LogP contribution in [0.5, 0.6) is 0 Å². The fourth-order valence-corrected chi connectivity index (χ4v) is 3.21. The molecule has 23 heavy (non-hydrogen) atoms. The number of benzene rings is 1. The van der Waals surface area contributed by atoms with Crippen LogP contribution in [-0.4, -0.2) is 29.8 Å². The number of carbonyl (C=O) groups is 2. The summed E-state index contributed by atoms with van der Waals surface area (Å²) in [6.45, 7) is 0.163. The van der Waals surface area contributed by atoms with Gasteiger partial charge in [0.2, 0.25) is 5.91 Å². The third kappa shape index (κ3) is 3.24. The van der Waals surface area contributed by atoms with E-state index < -0.39 is 11.6 Å². The van der Waals surface area contributed by atoms with E-state index in [1.807, 2.05) is 0 Å². The van der Waals surface area contributed by atoms with Crippen molar-refractivity contribution in [3.05, 3.63) is 57.3 Å². The largest absolute Gasteiger partial charge is 0.342 e. The average Bonchev–Trinajstić information content (AvgIpc) is 3.10. The van der Waals surface area contributed by atoms with Gasteiger partial charge < -0.3 is 10.2 Å². The van der Waals surface area contributed by atoms with Crippen LogP contribution in [0.25, 0.3) is 0 Å². The van der Waals surface area contributed by atoms with Gasteiger partial charge in [-0.15, -0.1) is 11.3 Å². The number of fused-ring (bicyclic) bond motifs is 1. The van der Waals surface area contributed by atoms with Crippen molar-refractivity contribution in [3.8, 4) is 0 Å². The highest BCUT2D eigenvalue weighted by atomic mass is 32.1. The monoisotopic (exact) mass is 336 g/mol. The lowest BCUT2D eigenvalue weighted by Crippen LogP contribution is -2.43. The molecule has 1 N–H and O–H groups in total. The van der Waals surface area contributed by atoms with Crippen molar-refractivity contribution in [2.24, 2.45) is 0 Å². The van der Waals surface area contributed by atoms with Gasteiger partial charge in [0.05, 0.1) is 11.4 Å². The van der Waals surface area contributed by atoms with Crippen LogP contribution in [0.1, 0.15) is 20.8 Å². The zero-order valence-corrected chi connectivity index (χ0v) is 13.0. The first-order valence-electron chi connectivity index (χ1n) is 7.11. The van der Waals surface area contributed by atoms with E-state index in [2.05, 4.69) is 5.32 Å². The molecule has 0 atom stereocenters. The Bertz CT molecular complexity index is 747. The fraction of sp³-hybridized carbons (Fsp3) is 0.250. The Morgan fingerprint density at radius 2 is 1.91 bits per heavy atom. The minimum absolute atomic E-state index is 0.0205. The average molecular weight is 336 g/mol. The van der Waals surface area contributed by atoms with E-state index in [4.69, 9.17) is 0 Å². The van der Waals surface area contributed by atoms with Gasteiger partial charge in [-0.1, -0.05) is 6.07 Å². The fourth-order valence-electron chi connectivity index (χ4n) is 2.57. The number of rotatable bonds is 3. The molecule has 0 unspecified atom stereocenters. The summed E-state index contributed by atoms with van der Waals surface area (Å²) in [5, 5.41) is 4.32. The number of thiophene rings is 1. The van der Waals surface area contributed by atoms with Gasteiger partial charge >= 0.3 is 0 Å². The minimum atomic E-state index is -0.512. The molecule has 0 saturated carbocycles.